The minimum atomic E-state index is -0.879. The van der Waals surface area contributed by atoms with Crippen LogP contribution in [0.4, 0.5) is 0 Å². The summed E-state index contributed by atoms with van der Waals surface area (Å²) in [5, 5.41) is 9.63. The first kappa shape index (κ1) is 16.6. The number of hydrogen-bond donors (Lipinski definition) is 1. The molecule has 0 radical (unpaired) electrons. The zero-order valence-corrected chi connectivity index (χ0v) is 14.7. The van der Waals surface area contributed by atoms with Crippen molar-refractivity contribution in [1.82, 2.24) is 4.57 Å². The second-order valence-electron chi connectivity index (χ2n) is 4.72. The zero-order chi connectivity index (χ0) is 15.9. The Morgan fingerprint density at radius 2 is 1.86 bits per heavy atom. The molecule has 22 heavy (non-hydrogen) atoms. The van der Waals surface area contributed by atoms with Crippen LogP contribution >= 0.6 is 0 Å². The van der Waals surface area contributed by atoms with Gasteiger partial charge in [0.15, 0.2) is 0 Å². The maximum Gasteiger partial charge on any atom is 0.335 e. The summed E-state index contributed by atoms with van der Waals surface area (Å²) in [7, 11) is 2.04. The van der Waals surface area contributed by atoms with Gasteiger partial charge in [-0.15, -0.1) is 0 Å². The summed E-state index contributed by atoms with van der Waals surface area (Å²) in [6.45, 7) is 0. The van der Waals surface area contributed by atoms with Gasteiger partial charge in [-0.1, -0.05) is 18.2 Å². The number of carbonyl (C=O) groups is 1. The quantitative estimate of drug-likeness (QED) is 0.757. The van der Waals surface area contributed by atoms with E-state index >= 15 is 0 Å². The molecule has 3 rings (SSSR count). The molecule has 0 aliphatic heterocycles. The number of ether oxygens (including phenoxy) is 1. The smallest absolute Gasteiger partial charge is 0.335 e. The molecule has 0 bridgehead atoms. The van der Waals surface area contributed by atoms with Crippen molar-refractivity contribution in [3.05, 3.63) is 66.4 Å². The molecule has 0 aliphatic carbocycles. The number of benzene rings is 2. The molecule has 1 N–H and O–H groups in total. The molecular weight excluding hydrogens is 289 g/mol. The molecule has 1 heterocycles. The van der Waals surface area contributed by atoms with E-state index < -0.39 is 5.97 Å². The Morgan fingerprint density at radius 3 is 2.45 bits per heavy atom. The van der Waals surface area contributed by atoms with Gasteiger partial charge in [-0.25, -0.2) is 4.79 Å². The summed E-state index contributed by atoms with van der Waals surface area (Å²) in [6, 6.07) is 16.6. The number of para-hydroxylation sites is 1. The van der Waals surface area contributed by atoms with E-state index in [2.05, 4.69) is 22.9 Å². The standard InChI is InChI=1S/C10H10NO.C7H6O2.Na/c1-11-7-6-8-4-3-5-9(12-2)10(8)11;8-7(9)6-4-2-1-3-5-6;/h3-7H,2H2,1H3;1-5H,(H,8,9);. The Balaban J connectivity index is 0.000000172. The molecule has 0 aliphatic rings. The largest absolute Gasteiger partial charge is 0.478 e. The first-order valence-electron chi connectivity index (χ1n) is 7.08. The Bertz CT molecular complexity index is 753. The van der Waals surface area contributed by atoms with Crippen LogP contribution in [0.5, 0.6) is 5.75 Å². The second kappa shape index (κ2) is 8.03. The van der Waals surface area contributed by atoms with E-state index in [0.29, 0.717) is 5.56 Å². The van der Waals surface area contributed by atoms with Crippen LogP contribution in [0.3, 0.4) is 0 Å². The van der Waals surface area contributed by atoms with Gasteiger partial charge in [-0.3, -0.25) is 0 Å². The van der Waals surface area contributed by atoms with Crippen LogP contribution in [0.15, 0.2) is 60.8 Å². The summed E-state index contributed by atoms with van der Waals surface area (Å²) in [4.78, 5) is 10.2. The average molecular weight is 305 g/mol. The Morgan fingerprint density at radius 1 is 1.14 bits per heavy atom. The molecule has 108 valence electrons. The van der Waals surface area contributed by atoms with Crippen LogP contribution in [0.25, 0.3) is 10.9 Å². The van der Waals surface area contributed by atoms with Gasteiger partial charge >= 0.3 is 101 Å². The van der Waals surface area contributed by atoms with E-state index in [-0.39, 0.29) is 0 Å². The van der Waals surface area contributed by atoms with Crippen LogP contribution in [0.1, 0.15) is 10.4 Å². The summed E-state index contributed by atoms with van der Waals surface area (Å²) in [5.41, 5.74) is 1.52. The Labute approximate surface area is 146 Å². The second-order valence-corrected chi connectivity index (χ2v) is 5.30. The number of carboxylic acid groups (broad SMARTS) is 1. The van der Waals surface area contributed by atoms with Crippen molar-refractivity contribution >= 4 is 44.8 Å². The number of aromatic carboxylic acids is 1. The van der Waals surface area contributed by atoms with Gasteiger partial charge in [0.2, 0.25) is 0 Å². The van der Waals surface area contributed by atoms with Gasteiger partial charge in [0.1, 0.15) is 0 Å². The van der Waals surface area contributed by atoms with Gasteiger partial charge in [0, 0.05) is 0 Å². The molecule has 0 spiro atoms. The fraction of sp³-hybridized carbons (Fsp3) is 0.118. The molecule has 5 heteroatoms. The number of hydrogen-bond acceptors (Lipinski definition) is 2. The van der Waals surface area contributed by atoms with Crippen molar-refractivity contribution in [2.24, 2.45) is 7.05 Å². The van der Waals surface area contributed by atoms with Crippen LogP contribution < -0.4 is 4.74 Å². The van der Waals surface area contributed by atoms with Crippen LogP contribution in [0.2, 0.25) is 0 Å². The normalized spacial score (nSPS) is 9.95. The minimum Gasteiger partial charge on any atom is -0.478 e. The van der Waals surface area contributed by atoms with Crippen LogP contribution in [-0.4, -0.2) is 47.4 Å². The van der Waals surface area contributed by atoms with Crippen LogP contribution in [-0.2, 0) is 7.05 Å². The predicted molar refractivity (Wildman–Crippen MR) is 87.6 cm³/mol. The summed E-state index contributed by atoms with van der Waals surface area (Å²) < 4.78 is 8.55. The van der Waals surface area contributed by atoms with Crippen molar-refractivity contribution in [3.63, 3.8) is 0 Å². The Hall–Kier alpha value is -1.75. The first-order chi connectivity index (χ1) is 10.6. The maximum atomic E-state index is 10.2. The summed E-state index contributed by atoms with van der Waals surface area (Å²) in [5.74, 6) is 0.121. The summed E-state index contributed by atoms with van der Waals surface area (Å²) >= 11 is 1.07. The van der Waals surface area contributed by atoms with Gasteiger partial charge in [-0.05, 0) is 12.1 Å². The van der Waals surface area contributed by atoms with E-state index in [1.54, 1.807) is 30.3 Å². The van der Waals surface area contributed by atoms with E-state index in [1.807, 2.05) is 19.2 Å². The van der Waals surface area contributed by atoms with Crippen molar-refractivity contribution in [1.29, 1.82) is 0 Å². The molecule has 2 aromatic carbocycles. The van der Waals surface area contributed by atoms with Crippen LogP contribution in [0, 0.1) is 0 Å². The molecule has 0 amide bonds. The first-order valence-corrected chi connectivity index (χ1v) is 8.50. The Kier molecular flexibility index (Phi) is 6.07. The molecule has 0 saturated carbocycles. The number of aromatic nitrogens is 1. The molecule has 3 aromatic rings. The number of aryl methyl sites for hydroxylation is 1. The molecule has 1 aromatic heterocycles. The molecular formula is C17H16NNaO3. The van der Waals surface area contributed by atoms with Gasteiger partial charge in [0.25, 0.3) is 0 Å². The van der Waals surface area contributed by atoms with Gasteiger partial charge < -0.3 is 5.11 Å². The molecule has 4 nitrogen and oxygen atoms in total. The molecule has 0 fully saturated rings. The van der Waals surface area contributed by atoms with Crippen molar-refractivity contribution in [2.45, 2.75) is 0 Å². The van der Waals surface area contributed by atoms with Crippen molar-refractivity contribution in [2.75, 3.05) is 3.86 Å². The van der Waals surface area contributed by atoms with Gasteiger partial charge in [0.05, 0.1) is 5.56 Å². The average Bonchev–Trinajstić information content (AvgIpc) is 2.92. The number of carboxylic acids is 1. The van der Waals surface area contributed by atoms with Crippen molar-refractivity contribution < 1.29 is 14.6 Å². The predicted octanol–water partition coefficient (Wildman–Crippen LogP) is 3.07. The third kappa shape index (κ3) is 4.13. The molecule has 0 saturated heterocycles. The monoisotopic (exact) mass is 305 g/mol. The number of rotatable bonds is 3. The fourth-order valence-electron chi connectivity index (χ4n) is 2.17. The summed E-state index contributed by atoms with van der Waals surface area (Å²) in [6.07, 6.45) is 2.06. The number of fused-ring (bicyclic) bond motifs is 1. The third-order valence-corrected chi connectivity index (χ3v) is 3.47. The van der Waals surface area contributed by atoms with E-state index in [9.17, 15) is 4.79 Å². The molecule has 0 atom stereocenters. The SMILES string of the molecule is Cn1ccc2cccc(O[CH2][Na])c21.O=C(O)c1ccccc1. The maximum absolute atomic E-state index is 10.2. The minimum absolute atomic E-state index is 0.331. The number of nitrogens with zero attached hydrogens (tertiary/aromatic N) is 1. The van der Waals surface area contributed by atoms with Crippen molar-refractivity contribution in [3.8, 4) is 5.75 Å². The van der Waals surface area contributed by atoms with E-state index in [1.165, 1.54) is 10.9 Å². The van der Waals surface area contributed by atoms with E-state index in [4.69, 9.17) is 9.84 Å². The molecule has 0 unspecified atom stereocenters. The topological polar surface area (TPSA) is 51.5 Å². The zero-order valence-electron chi connectivity index (χ0n) is 12.7. The van der Waals surface area contributed by atoms with E-state index in [0.717, 1.165) is 37.5 Å². The van der Waals surface area contributed by atoms with Gasteiger partial charge in [-0.2, -0.15) is 0 Å². The third-order valence-electron chi connectivity index (χ3n) is 3.18. The fourth-order valence-corrected chi connectivity index (χ4v) is 2.48.